The molecule has 0 fully saturated rings. The van der Waals surface area contributed by atoms with Crippen LogP contribution in [0.5, 0.6) is 0 Å². The molecule has 5 heteroatoms. The zero-order chi connectivity index (χ0) is 12.3. The molecule has 0 spiro atoms. The van der Waals surface area contributed by atoms with Crippen LogP contribution in [0.25, 0.3) is 10.1 Å². The number of carboxylic acid groups (broad SMARTS) is 1. The van der Waals surface area contributed by atoms with Crippen LogP contribution >= 0.6 is 11.3 Å². The molecule has 90 valence electrons. The van der Waals surface area contributed by atoms with Crippen LogP contribution in [0.4, 0.5) is 0 Å². The van der Waals surface area contributed by atoms with Crippen molar-refractivity contribution >= 4 is 27.4 Å². The molecule has 3 N–H and O–H groups in total. The highest BCUT2D eigenvalue weighted by Crippen LogP contribution is 2.29. The van der Waals surface area contributed by atoms with Gasteiger partial charge in [-0.3, -0.25) is 0 Å². The van der Waals surface area contributed by atoms with Crippen LogP contribution in [0.3, 0.4) is 0 Å². The van der Waals surface area contributed by atoms with Gasteiger partial charge in [0.15, 0.2) is 0 Å². The normalized spacial score (nSPS) is 12.8. The van der Waals surface area contributed by atoms with E-state index >= 15 is 0 Å². The molecule has 0 bridgehead atoms. The van der Waals surface area contributed by atoms with Gasteiger partial charge in [-0.2, -0.15) is 0 Å². The molecule has 0 aliphatic carbocycles. The third-order valence-electron chi connectivity index (χ3n) is 2.43. The molecular weight excluding hydrogens is 238 g/mol. The summed E-state index contributed by atoms with van der Waals surface area (Å²) < 4.78 is 6.19. The standard InChI is InChI=1S/C12H13NO3S/c13-10(5-16-6-12(14)15)9-7-17-11-4-2-1-3-8(9)11/h1-4,7,10H,5-6,13H2,(H,14,15). The Kier molecular flexibility index (Phi) is 3.73. The van der Waals surface area contributed by atoms with E-state index in [-0.39, 0.29) is 19.3 Å². The van der Waals surface area contributed by atoms with Crippen molar-refractivity contribution in [2.75, 3.05) is 13.2 Å². The number of fused-ring (bicyclic) bond motifs is 1. The lowest BCUT2D eigenvalue weighted by Crippen LogP contribution is -2.19. The van der Waals surface area contributed by atoms with Crippen LogP contribution in [0, 0.1) is 0 Å². The van der Waals surface area contributed by atoms with E-state index in [1.807, 2.05) is 29.6 Å². The largest absolute Gasteiger partial charge is 0.480 e. The maximum Gasteiger partial charge on any atom is 0.329 e. The molecule has 1 heterocycles. The predicted molar refractivity (Wildman–Crippen MR) is 67.2 cm³/mol. The summed E-state index contributed by atoms with van der Waals surface area (Å²) in [5.41, 5.74) is 6.99. The summed E-state index contributed by atoms with van der Waals surface area (Å²) in [5.74, 6) is -0.979. The van der Waals surface area contributed by atoms with Gasteiger partial charge in [0, 0.05) is 4.70 Å². The van der Waals surface area contributed by atoms with Crippen molar-refractivity contribution in [3.05, 3.63) is 35.2 Å². The number of thiophene rings is 1. The Morgan fingerprint density at radius 2 is 2.24 bits per heavy atom. The lowest BCUT2D eigenvalue weighted by molar-refractivity contribution is -0.142. The first-order chi connectivity index (χ1) is 8.18. The fourth-order valence-electron chi connectivity index (χ4n) is 1.65. The van der Waals surface area contributed by atoms with Gasteiger partial charge in [0.25, 0.3) is 0 Å². The lowest BCUT2D eigenvalue weighted by Gasteiger charge is -2.10. The summed E-state index contributed by atoms with van der Waals surface area (Å²) in [6.07, 6.45) is 0. The number of rotatable bonds is 5. The SMILES string of the molecule is NC(COCC(=O)O)c1csc2ccccc12. The summed E-state index contributed by atoms with van der Waals surface area (Å²) in [4.78, 5) is 10.3. The summed E-state index contributed by atoms with van der Waals surface area (Å²) in [7, 11) is 0. The zero-order valence-corrected chi connectivity index (χ0v) is 9.94. The Bertz CT molecular complexity index is 523. The molecule has 2 rings (SSSR count). The van der Waals surface area contributed by atoms with E-state index in [0.717, 1.165) is 10.9 Å². The van der Waals surface area contributed by atoms with Crippen molar-refractivity contribution in [1.29, 1.82) is 0 Å². The second-order valence-corrected chi connectivity index (χ2v) is 4.61. The van der Waals surface area contributed by atoms with E-state index in [1.54, 1.807) is 11.3 Å². The minimum atomic E-state index is -0.979. The third-order valence-corrected chi connectivity index (χ3v) is 3.42. The van der Waals surface area contributed by atoms with Crippen molar-refractivity contribution in [3.63, 3.8) is 0 Å². The molecule has 0 aliphatic heterocycles. The molecule has 2 aromatic rings. The van der Waals surface area contributed by atoms with Crippen LogP contribution in [0.15, 0.2) is 29.6 Å². The van der Waals surface area contributed by atoms with Crippen LogP contribution in [0.2, 0.25) is 0 Å². The van der Waals surface area contributed by atoms with Gasteiger partial charge in [-0.25, -0.2) is 4.79 Å². The second-order valence-electron chi connectivity index (χ2n) is 3.70. The van der Waals surface area contributed by atoms with Crippen molar-refractivity contribution in [1.82, 2.24) is 0 Å². The summed E-state index contributed by atoms with van der Waals surface area (Å²) in [6, 6.07) is 7.70. The van der Waals surface area contributed by atoms with E-state index in [2.05, 4.69) is 0 Å². The Hall–Kier alpha value is -1.43. The molecule has 4 nitrogen and oxygen atoms in total. The monoisotopic (exact) mass is 251 g/mol. The number of carbonyl (C=O) groups is 1. The van der Waals surface area contributed by atoms with E-state index in [4.69, 9.17) is 15.6 Å². The molecule has 0 radical (unpaired) electrons. The zero-order valence-electron chi connectivity index (χ0n) is 9.13. The van der Waals surface area contributed by atoms with E-state index in [9.17, 15) is 4.79 Å². The predicted octanol–water partition coefficient (Wildman–Crippen LogP) is 2.00. The Balaban J connectivity index is 2.08. The van der Waals surface area contributed by atoms with Crippen LogP contribution in [-0.4, -0.2) is 24.3 Å². The number of ether oxygens (including phenoxy) is 1. The average Bonchev–Trinajstić information content (AvgIpc) is 2.72. The number of hydrogen-bond acceptors (Lipinski definition) is 4. The minimum absolute atomic E-state index is 0.215. The lowest BCUT2D eigenvalue weighted by atomic mass is 10.1. The van der Waals surface area contributed by atoms with Crippen LogP contribution < -0.4 is 5.73 Å². The molecule has 1 aromatic heterocycles. The number of carboxylic acids is 1. The van der Waals surface area contributed by atoms with Crippen molar-refractivity contribution in [3.8, 4) is 0 Å². The van der Waals surface area contributed by atoms with Crippen molar-refractivity contribution < 1.29 is 14.6 Å². The van der Waals surface area contributed by atoms with Gasteiger partial charge in [-0.1, -0.05) is 18.2 Å². The first-order valence-corrected chi connectivity index (χ1v) is 6.07. The van der Waals surface area contributed by atoms with Gasteiger partial charge in [0.1, 0.15) is 6.61 Å². The van der Waals surface area contributed by atoms with Crippen LogP contribution in [0.1, 0.15) is 11.6 Å². The molecule has 17 heavy (non-hydrogen) atoms. The summed E-state index contributed by atoms with van der Waals surface area (Å²) in [6.45, 7) is -0.0944. The van der Waals surface area contributed by atoms with Gasteiger partial charge in [0.05, 0.1) is 12.6 Å². The van der Waals surface area contributed by atoms with E-state index in [1.165, 1.54) is 4.70 Å². The molecule has 1 atom stereocenters. The molecule has 1 aromatic carbocycles. The number of aliphatic carboxylic acids is 1. The highest BCUT2D eigenvalue weighted by Gasteiger charge is 2.12. The number of nitrogens with two attached hydrogens (primary N) is 1. The highest BCUT2D eigenvalue weighted by molar-refractivity contribution is 7.17. The molecule has 0 amide bonds. The Labute approximate surface area is 103 Å². The Morgan fingerprint density at radius 3 is 3.00 bits per heavy atom. The topological polar surface area (TPSA) is 72.5 Å². The van der Waals surface area contributed by atoms with Crippen molar-refractivity contribution in [2.24, 2.45) is 5.73 Å². The van der Waals surface area contributed by atoms with Gasteiger partial charge in [0.2, 0.25) is 0 Å². The highest BCUT2D eigenvalue weighted by atomic mass is 32.1. The number of hydrogen-bond donors (Lipinski definition) is 2. The van der Waals surface area contributed by atoms with Gasteiger partial charge in [-0.15, -0.1) is 11.3 Å². The molecule has 0 saturated carbocycles. The van der Waals surface area contributed by atoms with E-state index < -0.39 is 5.97 Å². The first kappa shape index (κ1) is 12.0. The summed E-state index contributed by atoms with van der Waals surface area (Å²) in [5, 5.41) is 11.6. The number of benzene rings is 1. The van der Waals surface area contributed by atoms with Crippen molar-refractivity contribution in [2.45, 2.75) is 6.04 Å². The average molecular weight is 251 g/mol. The second kappa shape index (κ2) is 5.27. The van der Waals surface area contributed by atoms with Gasteiger partial charge >= 0.3 is 5.97 Å². The van der Waals surface area contributed by atoms with Gasteiger partial charge < -0.3 is 15.6 Å². The molecule has 1 unspecified atom stereocenters. The quantitative estimate of drug-likeness (QED) is 0.852. The fourth-order valence-corrected chi connectivity index (χ4v) is 2.67. The van der Waals surface area contributed by atoms with Gasteiger partial charge in [-0.05, 0) is 22.4 Å². The maximum absolute atomic E-state index is 10.3. The molecule has 0 aliphatic rings. The Morgan fingerprint density at radius 1 is 1.47 bits per heavy atom. The maximum atomic E-state index is 10.3. The van der Waals surface area contributed by atoms with Crippen LogP contribution in [-0.2, 0) is 9.53 Å². The first-order valence-electron chi connectivity index (χ1n) is 5.19. The van der Waals surface area contributed by atoms with E-state index in [0.29, 0.717) is 0 Å². The summed E-state index contributed by atoms with van der Waals surface area (Å²) >= 11 is 1.63. The minimum Gasteiger partial charge on any atom is -0.480 e. The fraction of sp³-hybridized carbons (Fsp3) is 0.250. The molecular formula is C12H13NO3S. The third kappa shape index (κ3) is 2.82. The smallest absolute Gasteiger partial charge is 0.329 e. The molecule has 0 saturated heterocycles.